The van der Waals surface area contributed by atoms with Crippen molar-refractivity contribution in [2.75, 3.05) is 13.2 Å². The van der Waals surface area contributed by atoms with Crippen LogP contribution in [0.5, 0.6) is 23.0 Å². The minimum Gasteiger partial charge on any atom is -0.493 e. The third-order valence-electron chi connectivity index (χ3n) is 8.30. The molecular weight excluding hydrogens is 472 g/mol. The first kappa shape index (κ1) is 25.2. The first-order valence-corrected chi connectivity index (χ1v) is 14.4. The third kappa shape index (κ3) is 4.32. The maximum absolute atomic E-state index is 6.69. The van der Waals surface area contributed by atoms with Crippen molar-refractivity contribution in [3.05, 3.63) is 81.4 Å². The second-order valence-corrected chi connectivity index (χ2v) is 12.0. The van der Waals surface area contributed by atoms with Crippen molar-refractivity contribution in [1.82, 2.24) is 0 Å². The van der Waals surface area contributed by atoms with E-state index >= 15 is 0 Å². The monoisotopic (exact) mass is 512 g/mol. The van der Waals surface area contributed by atoms with Gasteiger partial charge in [-0.25, -0.2) is 0 Å². The fraction of sp³-hybridized carbons (Fsp3) is 0.471. The zero-order valence-corrected chi connectivity index (χ0v) is 23.6. The molecule has 4 nitrogen and oxygen atoms in total. The molecule has 0 saturated carbocycles. The van der Waals surface area contributed by atoms with Gasteiger partial charge in [0, 0.05) is 17.5 Å². The quantitative estimate of drug-likeness (QED) is 0.343. The maximum Gasteiger partial charge on any atom is 0.165 e. The molecule has 3 aromatic rings. The van der Waals surface area contributed by atoms with Crippen molar-refractivity contribution in [3.63, 3.8) is 0 Å². The van der Waals surface area contributed by atoms with Gasteiger partial charge in [-0.1, -0.05) is 65.8 Å². The first-order valence-electron chi connectivity index (χ1n) is 14.4. The number of benzene rings is 3. The number of fused-ring (bicyclic) bond motifs is 3. The summed E-state index contributed by atoms with van der Waals surface area (Å²) in [6.45, 7) is 14.8. The number of rotatable bonds is 5. The van der Waals surface area contributed by atoms with Crippen LogP contribution >= 0.6 is 0 Å². The van der Waals surface area contributed by atoms with E-state index in [1.165, 1.54) is 38.9 Å². The van der Waals surface area contributed by atoms with Crippen molar-refractivity contribution in [2.45, 2.75) is 90.8 Å². The molecule has 3 heterocycles. The molecule has 0 radical (unpaired) electrons. The highest BCUT2D eigenvalue weighted by Crippen LogP contribution is 2.48. The van der Waals surface area contributed by atoms with Gasteiger partial charge in [-0.15, -0.1) is 0 Å². The highest BCUT2D eigenvalue weighted by atomic mass is 16.6. The number of ether oxygens (including phenoxy) is 4. The van der Waals surface area contributed by atoms with Crippen LogP contribution in [-0.2, 0) is 12.8 Å². The molecule has 3 aliphatic rings. The summed E-state index contributed by atoms with van der Waals surface area (Å²) in [6, 6.07) is 15.2. The lowest BCUT2D eigenvalue weighted by atomic mass is 9.86. The Morgan fingerprint density at radius 1 is 0.711 bits per heavy atom. The van der Waals surface area contributed by atoms with E-state index in [1.807, 2.05) is 6.07 Å². The summed E-state index contributed by atoms with van der Waals surface area (Å²) in [6.07, 6.45) is 2.89. The van der Waals surface area contributed by atoms with Gasteiger partial charge in [-0.05, 0) is 76.6 Å². The number of hydrogen-bond acceptors (Lipinski definition) is 4. The van der Waals surface area contributed by atoms with Crippen LogP contribution in [0.1, 0.15) is 117 Å². The Morgan fingerprint density at radius 3 is 2.29 bits per heavy atom. The van der Waals surface area contributed by atoms with Gasteiger partial charge in [0.25, 0.3) is 0 Å². The molecule has 2 unspecified atom stereocenters. The average Bonchev–Trinajstić information content (AvgIpc) is 3.35. The summed E-state index contributed by atoms with van der Waals surface area (Å²) in [5.74, 6) is 4.93. The van der Waals surface area contributed by atoms with E-state index in [2.05, 4.69) is 77.9 Å². The topological polar surface area (TPSA) is 36.9 Å². The van der Waals surface area contributed by atoms with E-state index in [0.29, 0.717) is 24.4 Å². The van der Waals surface area contributed by atoms with E-state index in [-0.39, 0.29) is 12.2 Å². The van der Waals surface area contributed by atoms with Crippen molar-refractivity contribution in [3.8, 4) is 23.0 Å². The van der Waals surface area contributed by atoms with Crippen LogP contribution in [0, 0.1) is 0 Å². The molecule has 38 heavy (non-hydrogen) atoms. The molecule has 0 aromatic heterocycles. The molecule has 3 aliphatic heterocycles. The fourth-order valence-corrected chi connectivity index (χ4v) is 6.45. The van der Waals surface area contributed by atoms with Crippen LogP contribution in [0.25, 0.3) is 0 Å². The molecule has 0 aliphatic carbocycles. The molecular formula is C34H40O4. The molecule has 3 aromatic carbocycles. The Kier molecular flexibility index (Phi) is 6.53. The van der Waals surface area contributed by atoms with Gasteiger partial charge in [-0.2, -0.15) is 0 Å². The molecule has 2 atom stereocenters. The van der Waals surface area contributed by atoms with E-state index in [0.717, 1.165) is 48.9 Å². The Bertz CT molecular complexity index is 1350. The summed E-state index contributed by atoms with van der Waals surface area (Å²) in [5.41, 5.74) is 9.04. The zero-order chi connectivity index (χ0) is 26.6. The van der Waals surface area contributed by atoms with Crippen LogP contribution in [0.3, 0.4) is 0 Å². The van der Waals surface area contributed by atoms with Crippen molar-refractivity contribution in [1.29, 1.82) is 0 Å². The van der Waals surface area contributed by atoms with Crippen LogP contribution in [-0.4, -0.2) is 13.2 Å². The average molecular weight is 513 g/mol. The van der Waals surface area contributed by atoms with Gasteiger partial charge < -0.3 is 18.9 Å². The summed E-state index contributed by atoms with van der Waals surface area (Å²) in [4.78, 5) is 0. The van der Waals surface area contributed by atoms with Crippen molar-refractivity contribution < 1.29 is 18.9 Å². The first-order chi connectivity index (χ1) is 18.3. The van der Waals surface area contributed by atoms with E-state index in [4.69, 9.17) is 18.9 Å². The number of para-hydroxylation sites is 1. The van der Waals surface area contributed by atoms with Crippen LogP contribution in [0.4, 0.5) is 0 Å². The Balaban J connectivity index is 1.35. The second-order valence-electron chi connectivity index (χ2n) is 12.0. The number of hydrogen-bond donors (Lipinski definition) is 0. The van der Waals surface area contributed by atoms with Crippen molar-refractivity contribution >= 4 is 0 Å². The van der Waals surface area contributed by atoms with Gasteiger partial charge in [0.1, 0.15) is 24.2 Å². The van der Waals surface area contributed by atoms with E-state index in [9.17, 15) is 0 Å². The minimum atomic E-state index is -0.145. The lowest BCUT2D eigenvalue weighted by molar-refractivity contribution is 0.0887. The summed E-state index contributed by atoms with van der Waals surface area (Å²) < 4.78 is 25.7. The Hall–Kier alpha value is -3.14. The molecule has 4 heteroatoms. The largest absolute Gasteiger partial charge is 0.493 e. The molecule has 0 N–H and O–H groups in total. The van der Waals surface area contributed by atoms with Gasteiger partial charge in [0.2, 0.25) is 0 Å². The van der Waals surface area contributed by atoms with Gasteiger partial charge in [0.05, 0.1) is 6.61 Å². The lowest BCUT2D eigenvalue weighted by Crippen LogP contribution is -2.24. The van der Waals surface area contributed by atoms with E-state index in [1.54, 1.807) is 0 Å². The maximum atomic E-state index is 6.69. The predicted molar refractivity (Wildman–Crippen MR) is 151 cm³/mol. The molecule has 0 spiro atoms. The van der Waals surface area contributed by atoms with Gasteiger partial charge in [-0.3, -0.25) is 0 Å². The predicted octanol–water partition coefficient (Wildman–Crippen LogP) is 8.57. The van der Waals surface area contributed by atoms with Crippen LogP contribution in [0.15, 0.2) is 42.5 Å². The molecule has 200 valence electrons. The molecule has 0 amide bonds. The summed E-state index contributed by atoms with van der Waals surface area (Å²) >= 11 is 0. The lowest BCUT2D eigenvalue weighted by Gasteiger charge is -2.31. The fourth-order valence-electron chi connectivity index (χ4n) is 6.45. The van der Waals surface area contributed by atoms with Crippen molar-refractivity contribution in [2.24, 2.45) is 0 Å². The second kappa shape index (κ2) is 9.87. The standard InChI is InChI=1S/C34H40O4/c1-19(2)23-9-7-11-29-34(23)38-32(18-36-29)25-12-13-28-27(33(25)21(5)6)17-30(37-28)22-15-26(20(3)4)24-10-8-14-35-31(24)16-22/h7,9,11-13,15-16,19-21,30,32H,8,10,14,17-18H2,1-6H3. The zero-order valence-electron chi connectivity index (χ0n) is 23.6. The normalized spacial score (nSPS) is 19.8. The van der Waals surface area contributed by atoms with E-state index < -0.39 is 0 Å². The highest BCUT2D eigenvalue weighted by Gasteiger charge is 2.34. The van der Waals surface area contributed by atoms with Gasteiger partial charge in [0.15, 0.2) is 17.6 Å². The highest BCUT2D eigenvalue weighted by molar-refractivity contribution is 5.55. The minimum absolute atomic E-state index is 0.0112. The SMILES string of the molecule is CC(C)c1cc(C2Cc3c(ccc(C4COc5cccc(C(C)C)c5O4)c3C(C)C)O2)cc2c1CCCO2. The summed E-state index contributed by atoms with van der Waals surface area (Å²) in [5, 5.41) is 0. The Labute approximate surface area is 227 Å². The Morgan fingerprint density at radius 2 is 1.53 bits per heavy atom. The smallest absolute Gasteiger partial charge is 0.165 e. The third-order valence-corrected chi connectivity index (χ3v) is 8.30. The van der Waals surface area contributed by atoms with Crippen LogP contribution < -0.4 is 18.9 Å². The molecule has 0 saturated heterocycles. The van der Waals surface area contributed by atoms with Gasteiger partial charge >= 0.3 is 0 Å². The van der Waals surface area contributed by atoms with Crippen LogP contribution in [0.2, 0.25) is 0 Å². The molecule has 0 bridgehead atoms. The summed E-state index contributed by atoms with van der Waals surface area (Å²) in [7, 11) is 0. The molecule has 0 fully saturated rings. The molecule has 6 rings (SSSR count).